The molecule has 2 heterocycles. The Morgan fingerprint density at radius 3 is 2.46 bits per heavy atom. The summed E-state index contributed by atoms with van der Waals surface area (Å²) in [6.45, 7) is 12.7. The van der Waals surface area contributed by atoms with Crippen LogP contribution in [0.15, 0.2) is 27.8 Å². The van der Waals surface area contributed by atoms with Gasteiger partial charge in [-0.2, -0.15) is 0 Å². The Kier molecular flexibility index (Phi) is 7.08. The van der Waals surface area contributed by atoms with E-state index in [-0.39, 0.29) is 17.4 Å². The highest BCUT2D eigenvalue weighted by Crippen LogP contribution is 2.22. The van der Waals surface area contributed by atoms with Gasteiger partial charge in [-0.05, 0) is 24.5 Å². The number of methoxy groups -OCH3 is 1. The molecule has 1 unspecified atom stereocenters. The van der Waals surface area contributed by atoms with Crippen LogP contribution < -0.4 is 5.32 Å². The Bertz CT molecular complexity index is 584. The Morgan fingerprint density at radius 1 is 1.31 bits per heavy atom. The van der Waals surface area contributed by atoms with Crippen molar-refractivity contribution in [2.75, 3.05) is 46.4 Å². The van der Waals surface area contributed by atoms with Gasteiger partial charge in [-0.1, -0.05) is 20.8 Å². The minimum absolute atomic E-state index is 0.0315. The zero-order valence-electron chi connectivity index (χ0n) is 16.6. The van der Waals surface area contributed by atoms with Crippen molar-refractivity contribution in [3.8, 4) is 0 Å². The second-order valence-electron chi connectivity index (χ2n) is 7.54. The fourth-order valence-electron chi connectivity index (χ4n) is 2.97. The Morgan fingerprint density at radius 2 is 1.96 bits per heavy atom. The molecule has 0 aliphatic carbocycles. The van der Waals surface area contributed by atoms with Gasteiger partial charge < -0.3 is 24.3 Å². The molecule has 26 heavy (non-hydrogen) atoms. The zero-order valence-corrected chi connectivity index (χ0v) is 16.6. The molecule has 0 spiro atoms. The van der Waals surface area contributed by atoms with Gasteiger partial charge in [0.2, 0.25) is 0 Å². The summed E-state index contributed by atoms with van der Waals surface area (Å²) in [5.74, 6) is 1.22. The van der Waals surface area contributed by atoms with E-state index in [0.717, 1.165) is 25.6 Å². The van der Waals surface area contributed by atoms with E-state index in [1.165, 1.54) is 6.26 Å². The van der Waals surface area contributed by atoms with Crippen LogP contribution >= 0.6 is 0 Å². The highest BCUT2D eigenvalue weighted by atomic mass is 16.5. The third kappa shape index (κ3) is 5.24. The van der Waals surface area contributed by atoms with Gasteiger partial charge in [0, 0.05) is 39.8 Å². The molecule has 1 aromatic rings. The number of nitrogens with zero attached hydrogens (tertiary/aromatic N) is 3. The Hall–Kier alpha value is -2.02. The van der Waals surface area contributed by atoms with E-state index in [4.69, 9.17) is 14.1 Å². The highest BCUT2D eigenvalue weighted by Gasteiger charge is 2.27. The fraction of sp³-hybridized carbons (Fsp3) is 0.684. The van der Waals surface area contributed by atoms with E-state index < -0.39 is 0 Å². The lowest BCUT2D eigenvalue weighted by atomic mass is 9.89. The number of carbonyl (C=O) groups is 1. The van der Waals surface area contributed by atoms with E-state index in [0.29, 0.717) is 25.4 Å². The van der Waals surface area contributed by atoms with Crippen LogP contribution in [0.1, 0.15) is 38.2 Å². The van der Waals surface area contributed by atoms with Gasteiger partial charge in [0.05, 0.1) is 18.9 Å². The van der Waals surface area contributed by atoms with E-state index >= 15 is 0 Å². The van der Waals surface area contributed by atoms with E-state index in [2.05, 4.69) is 37.9 Å². The number of hydrogen-bond acceptors (Lipinski definition) is 4. The van der Waals surface area contributed by atoms with Crippen LogP contribution in [0, 0.1) is 5.41 Å². The first kappa shape index (κ1) is 20.3. The first-order chi connectivity index (χ1) is 12.4. The summed E-state index contributed by atoms with van der Waals surface area (Å²) in [5.41, 5.74) is 0.0315. The van der Waals surface area contributed by atoms with Crippen molar-refractivity contribution < 1.29 is 13.9 Å². The normalized spacial score (nSPS) is 17.3. The second-order valence-corrected chi connectivity index (χ2v) is 7.54. The largest absolute Gasteiger partial charge is 0.459 e. The van der Waals surface area contributed by atoms with Crippen molar-refractivity contribution in [3.63, 3.8) is 0 Å². The zero-order chi connectivity index (χ0) is 19.2. The summed E-state index contributed by atoms with van der Waals surface area (Å²) in [6.07, 6.45) is 1.58. The summed E-state index contributed by atoms with van der Waals surface area (Å²) in [5, 5.41) is 3.35. The van der Waals surface area contributed by atoms with E-state index in [1.54, 1.807) is 19.2 Å². The van der Waals surface area contributed by atoms with Crippen LogP contribution in [-0.4, -0.2) is 74.1 Å². The summed E-state index contributed by atoms with van der Waals surface area (Å²) in [4.78, 5) is 21.2. The third-order valence-corrected chi connectivity index (χ3v) is 4.59. The molecule has 1 aliphatic heterocycles. The summed E-state index contributed by atoms with van der Waals surface area (Å²) in [7, 11) is 1.73. The third-order valence-electron chi connectivity index (χ3n) is 4.59. The minimum atomic E-state index is -0.0521. The van der Waals surface area contributed by atoms with Crippen molar-refractivity contribution in [2.24, 2.45) is 10.4 Å². The topological polar surface area (TPSA) is 70.3 Å². The predicted octanol–water partition coefficient (Wildman–Crippen LogP) is 2.06. The molecule has 1 fully saturated rings. The fourth-order valence-corrected chi connectivity index (χ4v) is 2.97. The average molecular weight is 364 g/mol. The lowest BCUT2D eigenvalue weighted by Gasteiger charge is -2.36. The first-order valence-corrected chi connectivity index (χ1v) is 9.25. The number of nitrogens with one attached hydrogen (secondary N) is 1. The van der Waals surface area contributed by atoms with Crippen LogP contribution in [0.5, 0.6) is 0 Å². The van der Waals surface area contributed by atoms with Crippen molar-refractivity contribution in [1.29, 1.82) is 0 Å². The number of piperazine rings is 1. The molecule has 1 saturated heterocycles. The van der Waals surface area contributed by atoms with Crippen LogP contribution in [0.2, 0.25) is 0 Å². The number of amides is 1. The van der Waals surface area contributed by atoms with Crippen molar-refractivity contribution in [1.82, 2.24) is 15.1 Å². The average Bonchev–Trinajstić information content (AvgIpc) is 3.14. The maximum absolute atomic E-state index is 12.4. The molecule has 1 aromatic heterocycles. The molecule has 0 saturated carbocycles. The molecule has 1 amide bonds. The molecule has 7 heteroatoms. The quantitative estimate of drug-likeness (QED) is 0.640. The summed E-state index contributed by atoms with van der Waals surface area (Å²) in [6, 6.07) is 3.44. The van der Waals surface area contributed by atoms with Gasteiger partial charge in [-0.15, -0.1) is 0 Å². The first-order valence-electron chi connectivity index (χ1n) is 9.25. The van der Waals surface area contributed by atoms with E-state index in [9.17, 15) is 4.79 Å². The molecule has 7 nitrogen and oxygen atoms in total. The monoisotopic (exact) mass is 364 g/mol. The second kappa shape index (κ2) is 9.07. The van der Waals surface area contributed by atoms with Crippen LogP contribution in [0.4, 0.5) is 0 Å². The molecular formula is C19H32N4O3. The highest BCUT2D eigenvalue weighted by molar-refractivity contribution is 5.91. The molecule has 1 atom stereocenters. The van der Waals surface area contributed by atoms with Gasteiger partial charge in [0.25, 0.3) is 5.91 Å². The predicted molar refractivity (Wildman–Crippen MR) is 102 cm³/mol. The number of hydrogen-bond donors (Lipinski definition) is 1. The van der Waals surface area contributed by atoms with Gasteiger partial charge in [0.15, 0.2) is 11.7 Å². The summed E-state index contributed by atoms with van der Waals surface area (Å²) < 4.78 is 10.8. The molecule has 0 radical (unpaired) electrons. The Balaban J connectivity index is 1.97. The van der Waals surface area contributed by atoms with Gasteiger partial charge >= 0.3 is 0 Å². The minimum Gasteiger partial charge on any atom is -0.459 e. The number of carbonyl (C=O) groups excluding carboxylic acids is 1. The number of ether oxygens (including phenoxy) is 1. The van der Waals surface area contributed by atoms with Gasteiger partial charge in [-0.25, -0.2) is 0 Å². The van der Waals surface area contributed by atoms with Crippen molar-refractivity contribution >= 4 is 11.9 Å². The molecule has 0 aromatic carbocycles. The Labute approximate surface area is 156 Å². The molecule has 1 N–H and O–H groups in total. The number of guanidine groups is 1. The number of rotatable bonds is 5. The number of aliphatic imine (C=N–C) groups is 1. The number of furan rings is 1. The standard InChI is InChI=1S/C19H32N4O3/c1-6-20-18(21-14-16(25-5)19(2,3)4)23-11-9-22(10-12-23)17(24)15-8-7-13-26-15/h7-8,13,16H,6,9-12,14H2,1-5H3,(H,20,21). The van der Waals surface area contributed by atoms with Gasteiger partial charge in [0.1, 0.15) is 0 Å². The van der Waals surface area contributed by atoms with Crippen LogP contribution in [0.25, 0.3) is 0 Å². The maximum atomic E-state index is 12.4. The lowest BCUT2D eigenvalue weighted by Crippen LogP contribution is -2.54. The smallest absolute Gasteiger partial charge is 0.289 e. The maximum Gasteiger partial charge on any atom is 0.289 e. The van der Waals surface area contributed by atoms with Crippen molar-refractivity contribution in [2.45, 2.75) is 33.8 Å². The molecule has 2 rings (SSSR count). The van der Waals surface area contributed by atoms with Gasteiger partial charge in [-0.3, -0.25) is 9.79 Å². The van der Waals surface area contributed by atoms with E-state index in [1.807, 2.05) is 4.90 Å². The molecular weight excluding hydrogens is 332 g/mol. The van der Waals surface area contributed by atoms with Crippen LogP contribution in [0.3, 0.4) is 0 Å². The molecule has 1 aliphatic rings. The SMILES string of the molecule is CCNC(=NCC(OC)C(C)(C)C)N1CCN(C(=O)c2ccco2)CC1. The van der Waals surface area contributed by atoms with Crippen molar-refractivity contribution in [3.05, 3.63) is 24.2 Å². The molecule has 0 bridgehead atoms. The van der Waals surface area contributed by atoms with Crippen LogP contribution in [-0.2, 0) is 4.74 Å². The molecule has 146 valence electrons. The lowest BCUT2D eigenvalue weighted by molar-refractivity contribution is 0.0239. The summed E-state index contributed by atoms with van der Waals surface area (Å²) >= 11 is 0.